The van der Waals surface area contributed by atoms with Crippen LogP contribution < -0.4 is 11.0 Å². The number of H-pyrrole nitrogens is 1. The lowest BCUT2D eigenvalue weighted by Gasteiger charge is -2.31. The SMILES string of the molecule is CCOC(=O)N1CCC(NC(=O)CSc2n[nH]c(=O)n2CCc2ccccc2)CC1. The van der Waals surface area contributed by atoms with Gasteiger partial charge >= 0.3 is 11.8 Å². The Morgan fingerprint density at radius 1 is 1.27 bits per heavy atom. The fourth-order valence-corrected chi connectivity index (χ4v) is 4.10. The van der Waals surface area contributed by atoms with Crippen LogP contribution in [0.4, 0.5) is 4.79 Å². The second kappa shape index (κ2) is 10.9. The molecule has 1 aliphatic heterocycles. The molecule has 30 heavy (non-hydrogen) atoms. The Morgan fingerprint density at radius 2 is 2.00 bits per heavy atom. The van der Waals surface area contributed by atoms with Gasteiger partial charge in [-0.3, -0.25) is 9.36 Å². The minimum absolute atomic E-state index is 0.0308. The number of aryl methyl sites for hydroxylation is 1. The first kappa shape index (κ1) is 21.9. The van der Waals surface area contributed by atoms with Gasteiger partial charge in [0.25, 0.3) is 0 Å². The molecule has 2 N–H and O–H groups in total. The van der Waals surface area contributed by atoms with E-state index in [4.69, 9.17) is 4.74 Å². The Morgan fingerprint density at radius 3 is 2.70 bits per heavy atom. The van der Waals surface area contributed by atoms with Crippen LogP contribution in [0.2, 0.25) is 0 Å². The highest BCUT2D eigenvalue weighted by Gasteiger charge is 2.24. The van der Waals surface area contributed by atoms with Crippen molar-refractivity contribution < 1.29 is 14.3 Å². The number of thioether (sulfide) groups is 1. The molecular weight excluding hydrogens is 406 g/mol. The van der Waals surface area contributed by atoms with Crippen LogP contribution in [0, 0.1) is 0 Å². The lowest BCUT2D eigenvalue weighted by atomic mass is 10.1. The summed E-state index contributed by atoms with van der Waals surface area (Å²) in [6, 6.07) is 9.93. The topological polar surface area (TPSA) is 109 Å². The van der Waals surface area contributed by atoms with Crippen LogP contribution in [-0.4, -0.2) is 63.2 Å². The first-order chi connectivity index (χ1) is 14.6. The van der Waals surface area contributed by atoms with E-state index in [1.54, 1.807) is 16.4 Å². The van der Waals surface area contributed by atoms with Gasteiger partial charge in [-0.1, -0.05) is 42.1 Å². The summed E-state index contributed by atoms with van der Waals surface area (Å²) >= 11 is 1.24. The molecular formula is C20H27N5O4S. The number of aromatic nitrogens is 3. The summed E-state index contributed by atoms with van der Waals surface area (Å²) in [6.07, 6.45) is 1.79. The van der Waals surface area contributed by atoms with Gasteiger partial charge in [-0.25, -0.2) is 14.7 Å². The molecule has 0 bridgehead atoms. The molecule has 0 spiro atoms. The molecule has 9 nitrogen and oxygen atoms in total. The number of amides is 2. The molecule has 1 aliphatic rings. The van der Waals surface area contributed by atoms with E-state index in [-0.39, 0.29) is 29.5 Å². The van der Waals surface area contributed by atoms with E-state index in [1.165, 1.54) is 11.8 Å². The number of piperidine rings is 1. The average Bonchev–Trinajstić information content (AvgIpc) is 3.11. The molecule has 1 aromatic heterocycles. The Bertz CT molecular complexity index is 890. The summed E-state index contributed by atoms with van der Waals surface area (Å²) in [4.78, 5) is 37.8. The number of nitrogens with zero attached hydrogens (tertiary/aromatic N) is 3. The molecule has 1 fully saturated rings. The van der Waals surface area contributed by atoms with Crippen molar-refractivity contribution in [2.75, 3.05) is 25.4 Å². The van der Waals surface area contributed by atoms with Crippen LogP contribution in [0.15, 0.2) is 40.3 Å². The Labute approximate surface area is 179 Å². The monoisotopic (exact) mass is 433 g/mol. The van der Waals surface area contributed by atoms with Crippen LogP contribution in [-0.2, 0) is 22.5 Å². The number of carbonyl (C=O) groups excluding carboxylic acids is 2. The molecule has 1 saturated heterocycles. The van der Waals surface area contributed by atoms with Crippen LogP contribution in [0.3, 0.4) is 0 Å². The number of aromatic amines is 1. The number of ether oxygens (including phenoxy) is 1. The molecule has 2 heterocycles. The number of hydrogen-bond donors (Lipinski definition) is 2. The van der Waals surface area contributed by atoms with Gasteiger partial charge in [0.1, 0.15) is 0 Å². The van der Waals surface area contributed by atoms with E-state index >= 15 is 0 Å². The molecule has 0 atom stereocenters. The molecule has 2 aromatic rings. The highest BCUT2D eigenvalue weighted by Crippen LogP contribution is 2.15. The number of rotatable bonds is 8. The van der Waals surface area contributed by atoms with Crippen LogP contribution in [0.1, 0.15) is 25.3 Å². The molecule has 162 valence electrons. The van der Waals surface area contributed by atoms with Gasteiger partial charge < -0.3 is 15.0 Å². The van der Waals surface area contributed by atoms with Crippen LogP contribution >= 0.6 is 11.8 Å². The summed E-state index contributed by atoms with van der Waals surface area (Å²) in [6.45, 7) is 3.76. The average molecular weight is 434 g/mol. The maximum absolute atomic E-state index is 12.3. The fraction of sp³-hybridized carbons (Fsp3) is 0.500. The smallest absolute Gasteiger partial charge is 0.409 e. The molecule has 3 rings (SSSR count). The summed E-state index contributed by atoms with van der Waals surface area (Å²) in [5.41, 5.74) is 0.855. The van der Waals surface area contributed by atoms with Crippen molar-refractivity contribution in [3.63, 3.8) is 0 Å². The lowest BCUT2D eigenvalue weighted by Crippen LogP contribution is -2.47. The summed E-state index contributed by atoms with van der Waals surface area (Å²) in [5.74, 6) is 0.0629. The number of nitrogens with one attached hydrogen (secondary N) is 2. The zero-order valence-corrected chi connectivity index (χ0v) is 17.8. The molecule has 0 radical (unpaired) electrons. The van der Waals surface area contributed by atoms with Crippen molar-refractivity contribution in [1.82, 2.24) is 25.0 Å². The maximum atomic E-state index is 12.3. The van der Waals surface area contributed by atoms with Crippen molar-refractivity contribution in [2.24, 2.45) is 0 Å². The third kappa shape index (κ3) is 6.12. The van der Waals surface area contributed by atoms with Gasteiger partial charge in [-0.15, -0.1) is 5.10 Å². The fourth-order valence-electron chi connectivity index (χ4n) is 3.32. The van der Waals surface area contributed by atoms with E-state index in [0.717, 1.165) is 5.56 Å². The van der Waals surface area contributed by atoms with Crippen molar-refractivity contribution in [3.05, 3.63) is 46.4 Å². The minimum atomic E-state index is -0.301. The van der Waals surface area contributed by atoms with Crippen molar-refractivity contribution in [2.45, 2.75) is 43.9 Å². The molecule has 2 amide bonds. The van der Waals surface area contributed by atoms with Crippen molar-refractivity contribution in [1.29, 1.82) is 0 Å². The zero-order valence-electron chi connectivity index (χ0n) is 17.0. The first-order valence-corrected chi connectivity index (χ1v) is 11.1. The number of hydrogen-bond acceptors (Lipinski definition) is 6. The van der Waals surface area contributed by atoms with Crippen LogP contribution in [0.25, 0.3) is 0 Å². The van der Waals surface area contributed by atoms with E-state index in [0.29, 0.717) is 50.7 Å². The van der Waals surface area contributed by atoms with E-state index in [1.807, 2.05) is 30.3 Å². The van der Waals surface area contributed by atoms with Gasteiger partial charge in [0.05, 0.1) is 12.4 Å². The highest BCUT2D eigenvalue weighted by molar-refractivity contribution is 7.99. The van der Waals surface area contributed by atoms with Gasteiger partial charge in [-0.2, -0.15) is 0 Å². The normalized spacial score (nSPS) is 14.5. The number of likely N-dealkylation sites (tertiary alicyclic amines) is 1. The molecule has 10 heteroatoms. The third-order valence-electron chi connectivity index (χ3n) is 4.91. The second-order valence-electron chi connectivity index (χ2n) is 7.02. The summed E-state index contributed by atoms with van der Waals surface area (Å²) in [5, 5.41) is 10.0. The predicted molar refractivity (Wildman–Crippen MR) is 113 cm³/mol. The van der Waals surface area contributed by atoms with Crippen LogP contribution in [0.5, 0.6) is 0 Å². The van der Waals surface area contributed by atoms with Gasteiger partial charge in [-0.05, 0) is 31.7 Å². The first-order valence-electron chi connectivity index (χ1n) is 10.1. The molecule has 0 unspecified atom stereocenters. The minimum Gasteiger partial charge on any atom is -0.450 e. The van der Waals surface area contributed by atoms with E-state index < -0.39 is 0 Å². The quantitative estimate of drug-likeness (QED) is 0.613. The third-order valence-corrected chi connectivity index (χ3v) is 5.88. The molecule has 0 saturated carbocycles. The summed E-state index contributed by atoms with van der Waals surface area (Å²) < 4.78 is 6.56. The van der Waals surface area contributed by atoms with Crippen molar-refractivity contribution >= 4 is 23.8 Å². The largest absolute Gasteiger partial charge is 0.450 e. The van der Waals surface area contributed by atoms with Gasteiger partial charge in [0.15, 0.2) is 5.16 Å². The van der Waals surface area contributed by atoms with Gasteiger partial charge in [0.2, 0.25) is 5.91 Å². The Kier molecular flexibility index (Phi) is 7.95. The van der Waals surface area contributed by atoms with E-state index in [2.05, 4.69) is 15.5 Å². The second-order valence-corrected chi connectivity index (χ2v) is 7.96. The lowest BCUT2D eigenvalue weighted by molar-refractivity contribution is -0.119. The molecule has 0 aliphatic carbocycles. The zero-order chi connectivity index (χ0) is 21.3. The van der Waals surface area contributed by atoms with Gasteiger partial charge in [0, 0.05) is 25.7 Å². The van der Waals surface area contributed by atoms with Crippen molar-refractivity contribution in [3.8, 4) is 0 Å². The maximum Gasteiger partial charge on any atom is 0.409 e. The molecule has 1 aromatic carbocycles. The highest BCUT2D eigenvalue weighted by atomic mass is 32.2. The standard InChI is InChI=1S/C20H27N5O4S/c1-2-29-20(28)24-11-9-16(10-12-24)21-17(26)14-30-19-23-22-18(27)25(19)13-8-15-6-4-3-5-7-15/h3-7,16H,2,8-14H2,1H3,(H,21,26)(H,22,27). The number of benzene rings is 1. The Balaban J connectivity index is 1.44. The summed E-state index contributed by atoms with van der Waals surface area (Å²) in [7, 11) is 0. The Hall–Kier alpha value is -2.75. The van der Waals surface area contributed by atoms with E-state index in [9.17, 15) is 14.4 Å². The predicted octanol–water partition coefficient (Wildman–Crippen LogP) is 1.64. The number of carbonyl (C=O) groups is 2.